The normalized spacial score (nSPS) is 11.0. The number of carboxylic acid groups (broad SMARTS) is 1. The number of ether oxygens (including phenoxy) is 2. The van der Waals surface area contributed by atoms with Crippen LogP contribution in [-0.4, -0.2) is 46.3 Å². The van der Waals surface area contributed by atoms with E-state index in [2.05, 4.69) is 9.97 Å². The predicted octanol–water partition coefficient (Wildman–Crippen LogP) is 1.66. The van der Waals surface area contributed by atoms with Gasteiger partial charge in [0.1, 0.15) is 10.6 Å². The summed E-state index contributed by atoms with van der Waals surface area (Å²) in [4.78, 5) is 28.7. The van der Waals surface area contributed by atoms with Gasteiger partial charge in [0.2, 0.25) is 0 Å². The molecular weight excluding hydrogens is 296 g/mol. The zero-order valence-electron chi connectivity index (χ0n) is 12.3. The largest absolute Gasteiger partial charge is 0.478 e. The fourth-order valence-corrected chi connectivity index (χ4v) is 2.79. The Morgan fingerprint density at radius 2 is 2.00 bits per heavy atom. The third-order valence-electron chi connectivity index (χ3n) is 2.60. The SMILES string of the molecule is CCOC(CCSc1nc(=O)[nH]c(C)c1C(=O)O)OCC. The summed E-state index contributed by atoms with van der Waals surface area (Å²) in [6.45, 7) is 6.38. The molecular formula is C13H20N2O5S. The Labute approximate surface area is 127 Å². The van der Waals surface area contributed by atoms with Gasteiger partial charge in [-0.2, -0.15) is 4.98 Å². The van der Waals surface area contributed by atoms with Crippen molar-refractivity contribution < 1.29 is 19.4 Å². The molecule has 0 aromatic carbocycles. The molecule has 0 aliphatic rings. The summed E-state index contributed by atoms with van der Waals surface area (Å²) < 4.78 is 10.8. The minimum atomic E-state index is -1.11. The molecule has 0 aliphatic heterocycles. The maximum Gasteiger partial charge on any atom is 0.346 e. The van der Waals surface area contributed by atoms with Gasteiger partial charge in [0, 0.05) is 31.1 Å². The first kappa shape index (κ1) is 17.7. The smallest absolute Gasteiger partial charge is 0.346 e. The Morgan fingerprint density at radius 3 is 2.52 bits per heavy atom. The molecule has 1 rings (SSSR count). The Bertz CT molecular complexity index is 526. The lowest BCUT2D eigenvalue weighted by Crippen LogP contribution is -2.20. The van der Waals surface area contributed by atoms with Gasteiger partial charge in [0.05, 0.1) is 0 Å². The van der Waals surface area contributed by atoms with Crippen molar-refractivity contribution >= 4 is 17.7 Å². The van der Waals surface area contributed by atoms with E-state index in [0.29, 0.717) is 31.1 Å². The maximum absolute atomic E-state index is 11.4. The fourth-order valence-electron chi connectivity index (χ4n) is 1.75. The van der Waals surface area contributed by atoms with Crippen LogP contribution in [0.4, 0.5) is 0 Å². The molecule has 0 aliphatic carbocycles. The van der Waals surface area contributed by atoms with Crippen molar-refractivity contribution in [2.24, 2.45) is 0 Å². The van der Waals surface area contributed by atoms with E-state index in [-0.39, 0.29) is 16.9 Å². The molecule has 2 N–H and O–H groups in total. The summed E-state index contributed by atoms with van der Waals surface area (Å²) in [5.74, 6) is -0.564. The van der Waals surface area contributed by atoms with E-state index >= 15 is 0 Å². The van der Waals surface area contributed by atoms with Crippen LogP contribution in [0.1, 0.15) is 36.3 Å². The fraction of sp³-hybridized carbons (Fsp3) is 0.615. The van der Waals surface area contributed by atoms with Gasteiger partial charge < -0.3 is 19.6 Å². The lowest BCUT2D eigenvalue weighted by atomic mass is 10.2. The molecule has 1 heterocycles. The summed E-state index contributed by atoms with van der Waals surface area (Å²) in [7, 11) is 0. The number of aromatic nitrogens is 2. The number of carboxylic acids is 1. The monoisotopic (exact) mass is 316 g/mol. The zero-order chi connectivity index (χ0) is 15.8. The van der Waals surface area contributed by atoms with Crippen LogP contribution in [0, 0.1) is 6.92 Å². The number of hydrogen-bond donors (Lipinski definition) is 2. The van der Waals surface area contributed by atoms with Crippen LogP contribution >= 0.6 is 11.8 Å². The number of aromatic amines is 1. The Morgan fingerprint density at radius 1 is 1.38 bits per heavy atom. The van der Waals surface area contributed by atoms with Gasteiger partial charge in [-0.15, -0.1) is 11.8 Å². The van der Waals surface area contributed by atoms with Crippen molar-refractivity contribution in [1.82, 2.24) is 9.97 Å². The first-order valence-electron chi connectivity index (χ1n) is 6.69. The van der Waals surface area contributed by atoms with Crippen LogP contribution < -0.4 is 5.69 Å². The van der Waals surface area contributed by atoms with E-state index < -0.39 is 11.7 Å². The molecule has 0 amide bonds. The van der Waals surface area contributed by atoms with Gasteiger partial charge in [-0.05, 0) is 20.8 Å². The van der Waals surface area contributed by atoms with E-state index in [1.807, 2.05) is 13.8 Å². The average molecular weight is 316 g/mol. The first-order valence-corrected chi connectivity index (χ1v) is 7.68. The Hall–Kier alpha value is -1.38. The number of nitrogens with one attached hydrogen (secondary N) is 1. The van der Waals surface area contributed by atoms with Gasteiger partial charge in [-0.25, -0.2) is 9.59 Å². The highest BCUT2D eigenvalue weighted by Crippen LogP contribution is 2.22. The summed E-state index contributed by atoms with van der Waals surface area (Å²) in [5.41, 5.74) is -0.216. The highest BCUT2D eigenvalue weighted by atomic mass is 32.2. The van der Waals surface area contributed by atoms with Crippen molar-refractivity contribution in [3.8, 4) is 0 Å². The van der Waals surface area contributed by atoms with Crippen LogP contribution in [0.5, 0.6) is 0 Å². The van der Waals surface area contributed by atoms with Gasteiger partial charge in [0.25, 0.3) is 0 Å². The van der Waals surface area contributed by atoms with E-state index in [9.17, 15) is 14.7 Å². The summed E-state index contributed by atoms with van der Waals surface area (Å²) in [6, 6.07) is 0. The second-order valence-corrected chi connectivity index (χ2v) is 5.21. The van der Waals surface area contributed by atoms with E-state index in [4.69, 9.17) is 9.47 Å². The molecule has 0 unspecified atom stereocenters. The van der Waals surface area contributed by atoms with Crippen LogP contribution in [-0.2, 0) is 9.47 Å². The van der Waals surface area contributed by atoms with Crippen molar-refractivity contribution in [1.29, 1.82) is 0 Å². The summed E-state index contributed by atoms with van der Waals surface area (Å²) in [5, 5.41) is 9.41. The lowest BCUT2D eigenvalue weighted by molar-refractivity contribution is -0.136. The van der Waals surface area contributed by atoms with E-state index in [1.54, 1.807) is 6.92 Å². The minimum Gasteiger partial charge on any atom is -0.478 e. The number of hydrogen-bond acceptors (Lipinski definition) is 6. The number of carbonyl (C=O) groups is 1. The molecule has 0 saturated heterocycles. The molecule has 1 aromatic rings. The minimum absolute atomic E-state index is 0.0315. The van der Waals surface area contributed by atoms with Gasteiger partial charge in [-0.3, -0.25) is 0 Å². The molecule has 0 fully saturated rings. The zero-order valence-corrected chi connectivity index (χ0v) is 13.2. The van der Waals surface area contributed by atoms with Crippen LogP contribution in [0.3, 0.4) is 0 Å². The topological polar surface area (TPSA) is 102 Å². The molecule has 0 radical (unpaired) electrons. The Kier molecular flexibility index (Phi) is 7.41. The molecule has 8 heteroatoms. The molecule has 0 saturated carbocycles. The van der Waals surface area contributed by atoms with Crippen molar-refractivity contribution in [2.75, 3.05) is 19.0 Å². The van der Waals surface area contributed by atoms with Crippen LogP contribution in [0.15, 0.2) is 9.82 Å². The number of aromatic carboxylic acids is 1. The standard InChI is InChI=1S/C13H20N2O5S/c1-4-19-9(20-5-2)6-7-21-11-10(12(16)17)8(3)14-13(18)15-11/h9H,4-7H2,1-3H3,(H,16,17)(H,14,15,18). The van der Waals surface area contributed by atoms with Gasteiger partial charge in [-0.1, -0.05) is 0 Å². The molecule has 1 aromatic heterocycles. The number of nitrogens with zero attached hydrogens (tertiary/aromatic N) is 1. The number of thioether (sulfide) groups is 1. The van der Waals surface area contributed by atoms with Crippen LogP contribution in [0.2, 0.25) is 0 Å². The maximum atomic E-state index is 11.4. The molecule has 21 heavy (non-hydrogen) atoms. The highest BCUT2D eigenvalue weighted by Gasteiger charge is 2.17. The second-order valence-electron chi connectivity index (χ2n) is 4.13. The molecule has 0 bridgehead atoms. The summed E-state index contributed by atoms with van der Waals surface area (Å²) >= 11 is 1.21. The third-order valence-corrected chi connectivity index (χ3v) is 3.61. The lowest BCUT2D eigenvalue weighted by Gasteiger charge is -2.16. The number of aryl methyl sites for hydroxylation is 1. The van der Waals surface area contributed by atoms with E-state index in [1.165, 1.54) is 11.8 Å². The Balaban J connectivity index is 2.74. The van der Waals surface area contributed by atoms with Crippen molar-refractivity contribution in [2.45, 2.75) is 38.5 Å². The molecule has 0 atom stereocenters. The molecule has 0 spiro atoms. The van der Waals surface area contributed by atoms with Crippen molar-refractivity contribution in [3.63, 3.8) is 0 Å². The second kappa shape index (κ2) is 8.81. The summed E-state index contributed by atoms with van der Waals surface area (Å²) in [6.07, 6.45) is 0.253. The number of rotatable bonds is 9. The van der Waals surface area contributed by atoms with Crippen molar-refractivity contribution in [3.05, 3.63) is 21.7 Å². The third kappa shape index (κ3) is 5.49. The molecule has 118 valence electrons. The highest BCUT2D eigenvalue weighted by molar-refractivity contribution is 7.99. The first-order chi connectivity index (χ1) is 9.99. The van der Waals surface area contributed by atoms with Crippen LogP contribution in [0.25, 0.3) is 0 Å². The predicted molar refractivity (Wildman–Crippen MR) is 78.9 cm³/mol. The van der Waals surface area contributed by atoms with E-state index in [0.717, 1.165) is 0 Å². The quantitative estimate of drug-likeness (QED) is 0.406. The average Bonchev–Trinajstić information content (AvgIpc) is 2.37. The van der Waals surface area contributed by atoms with Gasteiger partial charge in [0.15, 0.2) is 6.29 Å². The van der Waals surface area contributed by atoms with Gasteiger partial charge >= 0.3 is 11.7 Å². The number of H-pyrrole nitrogens is 1. The molecule has 7 nitrogen and oxygen atoms in total.